The zero-order chi connectivity index (χ0) is 18.1. The van der Waals surface area contributed by atoms with E-state index in [1.165, 1.54) is 0 Å². The normalized spacial score (nSPS) is 16.9. The fraction of sp³-hybridized carbons (Fsp3) is 0.500. The summed E-state index contributed by atoms with van der Waals surface area (Å²) in [5.74, 6) is 0.0582. The van der Waals surface area contributed by atoms with Crippen molar-refractivity contribution < 1.29 is 14.3 Å². The molecule has 0 aliphatic carbocycles. The second-order valence-electron chi connectivity index (χ2n) is 7.28. The van der Waals surface area contributed by atoms with Gasteiger partial charge >= 0.3 is 5.97 Å². The first-order valence-corrected chi connectivity index (χ1v) is 8.95. The van der Waals surface area contributed by atoms with Gasteiger partial charge < -0.3 is 14.6 Å². The summed E-state index contributed by atoms with van der Waals surface area (Å²) >= 11 is 0. The van der Waals surface area contributed by atoms with Crippen molar-refractivity contribution in [1.29, 1.82) is 0 Å². The fourth-order valence-electron chi connectivity index (χ4n) is 3.47. The Morgan fingerprint density at radius 1 is 1.20 bits per heavy atom. The van der Waals surface area contributed by atoms with Crippen LogP contribution < -0.4 is 0 Å². The largest absolute Gasteiger partial charge is 0.448 e. The number of carbonyl (C=O) groups is 2. The molecule has 0 spiro atoms. The number of likely N-dealkylation sites (tertiary alicyclic amines) is 1. The first kappa shape index (κ1) is 17.5. The number of aromatic nitrogens is 1. The topological polar surface area (TPSA) is 62.4 Å². The van der Waals surface area contributed by atoms with Gasteiger partial charge in [-0.05, 0) is 62.8 Å². The summed E-state index contributed by atoms with van der Waals surface area (Å²) in [4.78, 5) is 29.8. The average molecular weight is 342 g/mol. The van der Waals surface area contributed by atoms with Crippen LogP contribution in [-0.4, -0.2) is 41.0 Å². The van der Waals surface area contributed by atoms with Gasteiger partial charge in [0.05, 0.1) is 0 Å². The molecule has 1 saturated heterocycles. The van der Waals surface area contributed by atoms with Gasteiger partial charge in [0.2, 0.25) is 0 Å². The highest BCUT2D eigenvalue weighted by Crippen LogP contribution is 2.22. The average Bonchev–Trinajstić information content (AvgIpc) is 2.99. The Morgan fingerprint density at radius 3 is 2.56 bits per heavy atom. The molecule has 5 nitrogen and oxygen atoms in total. The molecule has 0 radical (unpaired) electrons. The molecule has 1 aromatic heterocycles. The highest BCUT2D eigenvalue weighted by Gasteiger charge is 2.27. The smallest absolute Gasteiger partial charge is 0.355 e. The van der Waals surface area contributed by atoms with Crippen molar-refractivity contribution in [3.63, 3.8) is 0 Å². The Balaban J connectivity index is 1.69. The predicted octanol–water partition coefficient (Wildman–Crippen LogP) is 3.59. The number of hydrogen-bond donors (Lipinski definition) is 1. The molecule has 1 amide bonds. The van der Waals surface area contributed by atoms with E-state index in [2.05, 4.69) is 18.0 Å². The lowest BCUT2D eigenvalue weighted by Crippen LogP contribution is -2.44. The summed E-state index contributed by atoms with van der Waals surface area (Å²) in [7, 11) is 0. The summed E-state index contributed by atoms with van der Waals surface area (Å²) in [6.07, 6.45) is 1.25. The van der Waals surface area contributed by atoms with Crippen molar-refractivity contribution in [2.45, 2.75) is 46.6 Å². The standard InChI is InChI=1S/C20H26N2O3/c1-12-5-7-22(8-6-12)19(23)15(4)25-20(24)18-11-16-14(3)9-13(2)10-17(16)21-18/h9-12,15,21H,5-8H2,1-4H3/t15-/m0/s1. The molecule has 1 aromatic carbocycles. The van der Waals surface area contributed by atoms with Gasteiger partial charge in [-0.2, -0.15) is 0 Å². The Labute approximate surface area is 148 Å². The predicted molar refractivity (Wildman–Crippen MR) is 97.6 cm³/mol. The Morgan fingerprint density at radius 2 is 1.88 bits per heavy atom. The molecule has 0 saturated carbocycles. The van der Waals surface area contributed by atoms with E-state index in [1.807, 2.05) is 19.9 Å². The van der Waals surface area contributed by atoms with Crippen LogP contribution in [0.15, 0.2) is 18.2 Å². The van der Waals surface area contributed by atoms with Gasteiger partial charge in [-0.1, -0.05) is 13.0 Å². The lowest BCUT2D eigenvalue weighted by molar-refractivity contribution is -0.141. The second-order valence-corrected chi connectivity index (χ2v) is 7.28. The summed E-state index contributed by atoms with van der Waals surface area (Å²) in [6.45, 7) is 9.37. The van der Waals surface area contributed by atoms with Crippen molar-refractivity contribution in [1.82, 2.24) is 9.88 Å². The van der Waals surface area contributed by atoms with Crippen molar-refractivity contribution in [3.05, 3.63) is 35.0 Å². The maximum atomic E-state index is 12.5. The number of aryl methyl sites for hydroxylation is 2. The van der Waals surface area contributed by atoms with Crippen LogP contribution in [0.25, 0.3) is 10.9 Å². The van der Waals surface area contributed by atoms with Crippen molar-refractivity contribution in [3.8, 4) is 0 Å². The van der Waals surface area contributed by atoms with Crippen LogP contribution in [0.5, 0.6) is 0 Å². The first-order chi connectivity index (χ1) is 11.8. The number of nitrogens with zero attached hydrogens (tertiary/aromatic N) is 1. The summed E-state index contributed by atoms with van der Waals surface area (Å²) < 4.78 is 5.42. The number of benzene rings is 1. The molecule has 1 N–H and O–H groups in total. The summed E-state index contributed by atoms with van der Waals surface area (Å²) in [5, 5.41) is 1.00. The summed E-state index contributed by atoms with van der Waals surface area (Å²) in [5.41, 5.74) is 3.54. The Hall–Kier alpha value is -2.30. The van der Waals surface area contributed by atoms with E-state index >= 15 is 0 Å². The van der Waals surface area contributed by atoms with Gasteiger partial charge in [0, 0.05) is 24.0 Å². The SMILES string of the molecule is Cc1cc(C)c2cc(C(=O)O[C@@H](C)C(=O)N3CCC(C)CC3)[nH]c2c1. The number of hydrogen-bond acceptors (Lipinski definition) is 3. The number of ether oxygens (including phenoxy) is 1. The maximum absolute atomic E-state index is 12.5. The molecule has 2 aromatic rings. The zero-order valence-corrected chi connectivity index (χ0v) is 15.4. The minimum atomic E-state index is -0.768. The monoisotopic (exact) mass is 342 g/mol. The molecular formula is C20H26N2O3. The van der Waals surface area contributed by atoms with Crippen LogP contribution in [0, 0.1) is 19.8 Å². The number of esters is 1. The molecule has 134 valence electrons. The number of H-pyrrole nitrogens is 1. The van der Waals surface area contributed by atoms with E-state index in [-0.39, 0.29) is 5.91 Å². The van der Waals surface area contributed by atoms with Crippen LogP contribution in [-0.2, 0) is 9.53 Å². The molecule has 25 heavy (non-hydrogen) atoms. The van der Waals surface area contributed by atoms with Crippen LogP contribution >= 0.6 is 0 Å². The van der Waals surface area contributed by atoms with E-state index in [0.29, 0.717) is 11.6 Å². The number of nitrogens with one attached hydrogen (secondary N) is 1. The minimum Gasteiger partial charge on any atom is -0.448 e. The lowest BCUT2D eigenvalue weighted by Gasteiger charge is -2.31. The third-order valence-corrected chi connectivity index (χ3v) is 5.04. The number of amides is 1. The molecule has 1 aliphatic rings. The molecule has 0 unspecified atom stereocenters. The number of fused-ring (bicyclic) bond motifs is 1. The summed E-state index contributed by atoms with van der Waals surface area (Å²) in [6, 6.07) is 5.88. The number of piperidine rings is 1. The lowest BCUT2D eigenvalue weighted by atomic mass is 9.99. The Kier molecular flexibility index (Phi) is 4.84. The highest BCUT2D eigenvalue weighted by molar-refractivity contribution is 5.97. The van der Waals surface area contributed by atoms with Crippen molar-refractivity contribution >= 4 is 22.8 Å². The zero-order valence-electron chi connectivity index (χ0n) is 15.4. The quantitative estimate of drug-likeness (QED) is 0.867. The third-order valence-electron chi connectivity index (χ3n) is 5.04. The van der Waals surface area contributed by atoms with Gasteiger partial charge in [-0.15, -0.1) is 0 Å². The molecule has 1 fully saturated rings. The van der Waals surface area contributed by atoms with E-state index in [4.69, 9.17) is 4.74 Å². The second kappa shape index (κ2) is 6.90. The number of carbonyl (C=O) groups excluding carboxylic acids is 2. The van der Waals surface area contributed by atoms with Crippen LogP contribution in [0.2, 0.25) is 0 Å². The van der Waals surface area contributed by atoms with E-state index in [1.54, 1.807) is 17.9 Å². The Bertz CT molecular complexity index is 801. The molecule has 3 rings (SSSR count). The molecule has 5 heteroatoms. The number of rotatable bonds is 3. The third kappa shape index (κ3) is 3.70. The van der Waals surface area contributed by atoms with Gasteiger partial charge in [-0.3, -0.25) is 4.79 Å². The van der Waals surface area contributed by atoms with Crippen molar-refractivity contribution in [2.24, 2.45) is 5.92 Å². The molecule has 1 atom stereocenters. The van der Waals surface area contributed by atoms with E-state index in [0.717, 1.165) is 48.0 Å². The van der Waals surface area contributed by atoms with E-state index in [9.17, 15) is 9.59 Å². The first-order valence-electron chi connectivity index (χ1n) is 8.95. The molecular weight excluding hydrogens is 316 g/mol. The molecule has 1 aliphatic heterocycles. The number of aromatic amines is 1. The van der Waals surface area contributed by atoms with E-state index < -0.39 is 12.1 Å². The van der Waals surface area contributed by atoms with Crippen LogP contribution in [0.3, 0.4) is 0 Å². The molecule has 2 heterocycles. The van der Waals surface area contributed by atoms with Gasteiger partial charge in [-0.25, -0.2) is 4.79 Å². The minimum absolute atomic E-state index is 0.108. The maximum Gasteiger partial charge on any atom is 0.355 e. The van der Waals surface area contributed by atoms with Crippen LogP contribution in [0.1, 0.15) is 48.3 Å². The van der Waals surface area contributed by atoms with Gasteiger partial charge in [0.25, 0.3) is 5.91 Å². The van der Waals surface area contributed by atoms with Crippen LogP contribution in [0.4, 0.5) is 0 Å². The van der Waals surface area contributed by atoms with Crippen molar-refractivity contribution in [2.75, 3.05) is 13.1 Å². The van der Waals surface area contributed by atoms with Gasteiger partial charge in [0.1, 0.15) is 5.69 Å². The molecule has 0 bridgehead atoms. The van der Waals surface area contributed by atoms with Gasteiger partial charge in [0.15, 0.2) is 6.10 Å². The fourth-order valence-corrected chi connectivity index (χ4v) is 3.47. The highest BCUT2D eigenvalue weighted by atomic mass is 16.5.